The van der Waals surface area contributed by atoms with Crippen LogP contribution in [0, 0.1) is 0 Å². The van der Waals surface area contributed by atoms with Gasteiger partial charge in [0.05, 0.1) is 0 Å². The fraction of sp³-hybridized carbons (Fsp3) is 0. The van der Waals surface area contributed by atoms with Crippen molar-refractivity contribution in [1.82, 2.24) is 0 Å². The standard InChI is InChI=1S/C18H15P.Pd/c1-4-10-16(11-5-1)19(17-12-6-2-7-13-17)18-14-8-3-9-15-18;/h1-15H;/q;-5. The van der Waals surface area contributed by atoms with Gasteiger partial charge in [-0.25, -0.2) is 0 Å². The average Bonchev–Trinajstić information content (AvgIpc) is 2.51. The second-order valence-electron chi connectivity index (χ2n) is 4.34. The van der Waals surface area contributed by atoms with Gasteiger partial charge in [0.15, 0.2) is 0 Å². The van der Waals surface area contributed by atoms with Crippen molar-refractivity contribution in [3.8, 4) is 0 Å². The molecule has 2 heteroatoms. The first-order chi connectivity index (χ1) is 9.45. The molecule has 0 saturated heterocycles. The summed E-state index contributed by atoms with van der Waals surface area (Å²) < 4.78 is 0. The van der Waals surface area contributed by atoms with Gasteiger partial charge >= 0.3 is 0 Å². The Hall–Kier alpha value is -1.25. The second kappa shape index (κ2) is 7.51. The minimum absolute atomic E-state index is 0. The van der Waals surface area contributed by atoms with Crippen molar-refractivity contribution in [2.75, 3.05) is 0 Å². The predicted octanol–water partition coefficient (Wildman–Crippen LogP) is 3.44. The van der Waals surface area contributed by atoms with Gasteiger partial charge in [0, 0.05) is 0 Å². The van der Waals surface area contributed by atoms with Crippen molar-refractivity contribution in [3.05, 3.63) is 91.0 Å². The van der Waals surface area contributed by atoms with Crippen LogP contribution in [-0.2, 0) is 20.4 Å². The molecule has 0 amide bonds. The molecule has 0 bridgehead atoms. The summed E-state index contributed by atoms with van der Waals surface area (Å²) in [5.74, 6) is 0. The van der Waals surface area contributed by atoms with Gasteiger partial charge in [0.25, 0.3) is 0 Å². The molecule has 0 heterocycles. The molecular formula is C18H15PPd-5. The van der Waals surface area contributed by atoms with Crippen molar-refractivity contribution in [2.45, 2.75) is 0 Å². The van der Waals surface area contributed by atoms with Gasteiger partial charge in [0.2, 0.25) is 0 Å². The molecule has 0 atom stereocenters. The van der Waals surface area contributed by atoms with Crippen LogP contribution in [-0.4, -0.2) is 0 Å². The summed E-state index contributed by atoms with van der Waals surface area (Å²) in [6.07, 6.45) is 0. The molecule has 0 aromatic heterocycles. The minimum Gasteiger partial charge on any atom is -5.00 e. The zero-order chi connectivity index (χ0) is 12.9. The van der Waals surface area contributed by atoms with Gasteiger partial charge in [-0.05, 0) is 23.8 Å². The number of rotatable bonds is 3. The maximum absolute atomic E-state index is 2.23. The third-order valence-corrected chi connectivity index (χ3v) is 5.49. The molecule has 3 rings (SSSR count). The Morgan fingerprint density at radius 1 is 0.400 bits per heavy atom. The Labute approximate surface area is 135 Å². The van der Waals surface area contributed by atoms with Gasteiger partial charge in [-0.1, -0.05) is 91.0 Å². The van der Waals surface area contributed by atoms with Crippen molar-refractivity contribution in [2.24, 2.45) is 0 Å². The minimum atomic E-state index is -0.446. The quantitative estimate of drug-likeness (QED) is 0.491. The SMILES string of the molecule is [Pd-5].c1ccc(P(c2ccccc2)c2ccccc2)cc1. The van der Waals surface area contributed by atoms with Crippen molar-refractivity contribution >= 4 is 23.8 Å². The molecule has 0 unspecified atom stereocenters. The van der Waals surface area contributed by atoms with Crippen LogP contribution >= 0.6 is 7.92 Å². The molecule has 0 aliphatic carbocycles. The summed E-state index contributed by atoms with van der Waals surface area (Å²) in [4.78, 5) is 0. The smallest absolute Gasteiger partial charge is 0.0134 e. The summed E-state index contributed by atoms with van der Waals surface area (Å²) in [5, 5.41) is 4.19. The van der Waals surface area contributed by atoms with Crippen LogP contribution < -0.4 is 15.9 Å². The van der Waals surface area contributed by atoms with Crippen LogP contribution in [0.15, 0.2) is 91.0 Å². The molecule has 0 fully saturated rings. The van der Waals surface area contributed by atoms with Crippen molar-refractivity contribution in [3.63, 3.8) is 0 Å². The van der Waals surface area contributed by atoms with Crippen molar-refractivity contribution < 1.29 is 20.4 Å². The fourth-order valence-electron chi connectivity index (χ4n) is 2.18. The Balaban J connectivity index is 0.00000147. The van der Waals surface area contributed by atoms with Gasteiger partial charge in [-0.3, -0.25) is 0 Å². The Kier molecular flexibility index (Phi) is 5.69. The van der Waals surface area contributed by atoms with Gasteiger partial charge in [-0.15, -0.1) is 0 Å². The monoisotopic (exact) mass is 368 g/mol. The van der Waals surface area contributed by atoms with Gasteiger partial charge < -0.3 is 20.4 Å². The van der Waals surface area contributed by atoms with E-state index >= 15 is 0 Å². The molecule has 0 N–H and O–H groups in total. The zero-order valence-electron chi connectivity index (χ0n) is 10.9. The van der Waals surface area contributed by atoms with Crippen molar-refractivity contribution in [1.29, 1.82) is 0 Å². The first kappa shape index (κ1) is 15.1. The predicted molar refractivity (Wildman–Crippen MR) is 85.1 cm³/mol. The van der Waals surface area contributed by atoms with Crippen LogP contribution in [0.4, 0.5) is 0 Å². The van der Waals surface area contributed by atoms with E-state index in [2.05, 4.69) is 91.0 Å². The number of hydrogen-bond acceptors (Lipinski definition) is 0. The van der Waals surface area contributed by atoms with Crippen LogP contribution in [0.1, 0.15) is 0 Å². The number of hydrogen-bond donors (Lipinski definition) is 0. The first-order valence-electron chi connectivity index (χ1n) is 6.40. The summed E-state index contributed by atoms with van der Waals surface area (Å²) in [5.41, 5.74) is 0. The topological polar surface area (TPSA) is 0 Å². The van der Waals surface area contributed by atoms with Gasteiger partial charge in [0.1, 0.15) is 0 Å². The Bertz CT molecular complexity index is 529. The van der Waals surface area contributed by atoms with Crippen LogP contribution in [0.5, 0.6) is 0 Å². The summed E-state index contributed by atoms with van der Waals surface area (Å²) in [6, 6.07) is 32.3. The number of benzene rings is 3. The van der Waals surface area contributed by atoms with E-state index in [9.17, 15) is 0 Å². The van der Waals surface area contributed by atoms with E-state index in [0.717, 1.165) is 0 Å². The maximum Gasteiger partial charge on any atom is -0.0134 e. The van der Waals surface area contributed by atoms with E-state index in [1.54, 1.807) is 0 Å². The Morgan fingerprint density at radius 2 is 0.650 bits per heavy atom. The first-order valence-corrected chi connectivity index (χ1v) is 7.74. The maximum atomic E-state index is 2.23. The molecule has 3 aromatic rings. The van der Waals surface area contributed by atoms with Crippen LogP contribution in [0.2, 0.25) is 0 Å². The molecular weight excluding hydrogens is 354 g/mol. The largest absolute Gasteiger partial charge is 5.00 e. The molecule has 0 nitrogen and oxygen atoms in total. The molecule has 0 aliphatic heterocycles. The molecule has 1 radical (unpaired) electrons. The second-order valence-corrected chi connectivity index (χ2v) is 6.56. The molecule has 107 valence electrons. The summed E-state index contributed by atoms with van der Waals surface area (Å²) in [7, 11) is -0.446. The van der Waals surface area contributed by atoms with Gasteiger partial charge in [-0.2, -0.15) is 0 Å². The molecule has 0 aliphatic rings. The molecule has 3 aromatic carbocycles. The fourth-order valence-corrected chi connectivity index (χ4v) is 4.48. The van der Waals surface area contributed by atoms with Crippen LogP contribution in [0.25, 0.3) is 0 Å². The molecule has 0 saturated carbocycles. The van der Waals surface area contributed by atoms with E-state index < -0.39 is 7.92 Å². The third-order valence-electron chi connectivity index (χ3n) is 3.04. The Morgan fingerprint density at radius 3 is 0.900 bits per heavy atom. The van der Waals surface area contributed by atoms with Crippen LogP contribution in [0.3, 0.4) is 0 Å². The van der Waals surface area contributed by atoms with E-state index in [-0.39, 0.29) is 20.4 Å². The molecule has 0 spiro atoms. The molecule has 20 heavy (non-hydrogen) atoms. The zero-order valence-corrected chi connectivity index (χ0v) is 13.4. The van der Waals surface area contributed by atoms with E-state index in [1.807, 2.05) is 0 Å². The van der Waals surface area contributed by atoms with E-state index in [1.165, 1.54) is 15.9 Å². The van der Waals surface area contributed by atoms with E-state index in [4.69, 9.17) is 0 Å². The summed E-state index contributed by atoms with van der Waals surface area (Å²) >= 11 is 0. The average molecular weight is 369 g/mol. The normalized spacial score (nSPS) is 10.1. The van der Waals surface area contributed by atoms with E-state index in [0.29, 0.717) is 0 Å². The third kappa shape index (κ3) is 3.44. The summed E-state index contributed by atoms with van der Waals surface area (Å²) in [6.45, 7) is 0.